The first kappa shape index (κ1) is 28.1. The lowest BCUT2D eigenvalue weighted by molar-refractivity contribution is -0.122. The van der Waals surface area contributed by atoms with Crippen LogP contribution in [0.5, 0.6) is 0 Å². The van der Waals surface area contributed by atoms with E-state index in [0.29, 0.717) is 18.3 Å². The van der Waals surface area contributed by atoms with Crippen molar-refractivity contribution in [2.45, 2.75) is 33.2 Å². The van der Waals surface area contributed by atoms with E-state index in [9.17, 15) is 4.79 Å². The highest BCUT2D eigenvalue weighted by Crippen LogP contribution is 2.33. The second-order valence-corrected chi connectivity index (χ2v) is 9.64. The first-order valence-electron chi connectivity index (χ1n) is 13.4. The maximum atomic E-state index is 13.4. The number of para-hydroxylation sites is 1. The van der Waals surface area contributed by atoms with Gasteiger partial charge in [-0.25, -0.2) is 9.97 Å². The Hall–Kier alpha value is -3.96. The van der Waals surface area contributed by atoms with Crippen molar-refractivity contribution in [2.24, 2.45) is 0 Å². The van der Waals surface area contributed by atoms with Crippen molar-refractivity contribution in [3.8, 4) is 11.3 Å². The average molecular weight is 534 g/mol. The molecule has 1 atom stereocenters. The molecule has 5 N–H and O–H groups in total. The van der Waals surface area contributed by atoms with Crippen LogP contribution >= 0.6 is 0 Å². The van der Waals surface area contributed by atoms with Crippen LogP contribution in [-0.4, -0.2) is 89.5 Å². The minimum Gasteiger partial charge on any atom is -0.477 e. The number of amides is 1. The van der Waals surface area contributed by atoms with Crippen LogP contribution in [0.3, 0.4) is 0 Å². The topological polar surface area (TPSA) is 134 Å². The van der Waals surface area contributed by atoms with E-state index in [0.717, 1.165) is 66.0 Å². The van der Waals surface area contributed by atoms with Gasteiger partial charge in [0, 0.05) is 62.8 Å². The van der Waals surface area contributed by atoms with Crippen LogP contribution in [0.4, 0.5) is 11.6 Å². The maximum Gasteiger partial charge on any atom is 0.241 e. The molecule has 1 aliphatic rings. The highest BCUT2D eigenvalue weighted by molar-refractivity contribution is 6.06. The number of hydrogen-bond donors (Lipinski definition) is 5. The highest BCUT2D eigenvalue weighted by Gasteiger charge is 2.27. The number of anilines is 2. The van der Waals surface area contributed by atoms with Gasteiger partial charge >= 0.3 is 0 Å². The molecule has 1 aliphatic heterocycles. The Morgan fingerprint density at radius 2 is 2.00 bits per heavy atom. The minimum atomic E-state index is -0.170. The van der Waals surface area contributed by atoms with Gasteiger partial charge in [-0.05, 0) is 38.9 Å². The fourth-order valence-corrected chi connectivity index (χ4v) is 4.83. The van der Waals surface area contributed by atoms with Crippen molar-refractivity contribution >= 4 is 34.3 Å². The molecule has 1 saturated heterocycles. The Kier molecular flexibility index (Phi) is 9.15. The lowest BCUT2D eigenvalue weighted by Crippen LogP contribution is -2.52. The summed E-state index contributed by atoms with van der Waals surface area (Å²) in [5, 5.41) is 18.3. The number of likely N-dealkylation sites (N-methyl/N-ethyl adjacent to an activating group) is 1. The molecule has 0 aliphatic carbocycles. The van der Waals surface area contributed by atoms with Crippen molar-refractivity contribution < 1.29 is 9.53 Å². The lowest BCUT2D eigenvalue weighted by Gasteiger charge is -2.36. The number of aromatic amines is 1. The summed E-state index contributed by atoms with van der Waals surface area (Å²) in [6, 6.07) is 5.71. The molecule has 0 unspecified atom stereocenters. The number of carbonyl (C=O) groups excluding carboxylic acids is 1. The van der Waals surface area contributed by atoms with Gasteiger partial charge in [0.2, 0.25) is 17.8 Å². The Bertz CT molecular complexity index is 1340. The first-order chi connectivity index (χ1) is 18.9. The molecular formula is C28H39N9O2. The number of aromatic nitrogens is 3. The number of rotatable bonds is 10. The van der Waals surface area contributed by atoms with Crippen LogP contribution in [0.25, 0.3) is 22.2 Å². The summed E-state index contributed by atoms with van der Waals surface area (Å²) >= 11 is 0. The highest BCUT2D eigenvalue weighted by atomic mass is 16.5. The Labute approximate surface area is 229 Å². The average Bonchev–Trinajstić information content (AvgIpc) is 3.36. The van der Waals surface area contributed by atoms with Gasteiger partial charge in [-0.1, -0.05) is 19.1 Å². The third kappa shape index (κ3) is 6.37. The third-order valence-corrected chi connectivity index (χ3v) is 6.94. The van der Waals surface area contributed by atoms with E-state index >= 15 is 0 Å². The number of aryl methyl sites for hydroxylation is 1. The number of ether oxygens (including phenoxy) is 1. The van der Waals surface area contributed by atoms with Crippen molar-refractivity contribution in [3.63, 3.8) is 0 Å². The number of nitrogens with zero attached hydrogens (tertiary/aromatic N) is 4. The standard InChI is InChI=1S/C28H39N9O2/c1-6-23(37-13-11-36(5)12-14-37)27(38)33-21-10-8-9-19-20(16-31-25(19)21)24-18(3)15-32-28(35-24)34-22(17-30-4)26(29)39-7-2/h8-10,15-17,23,29-31H,6-7,11-14H2,1-5H3,(H,33,38)(H,32,34,35)/b22-17+,29-26?/t23-/m1/s1. The molecule has 0 bridgehead atoms. The number of nitrogens with one attached hydrogen (secondary N) is 5. The van der Waals surface area contributed by atoms with E-state index < -0.39 is 0 Å². The quantitative estimate of drug-likeness (QED) is 0.198. The number of carbonyl (C=O) groups is 1. The van der Waals surface area contributed by atoms with Gasteiger partial charge in [-0.2, -0.15) is 0 Å². The van der Waals surface area contributed by atoms with Crippen LogP contribution in [0.15, 0.2) is 42.5 Å². The van der Waals surface area contributed by atoms with Crippen molar-refractivity contribution in [3.05, 3.63) is 48.1 Å². The second-order valence-electron chi connectivity index (χ2n) is 9.64. The zero-order chi connectivity index (χ0) is 27.9. The molecule has 11 nitrogen and oxygen atoms in total. The smallest absolute Gasteiger partial charge is 0.241 e. The number of H-pyrrole nitrogens is 1. The molecule has 2 aromatic heterocycles. The van der Waals surface area contributed by atoms with Gasteiger partial charge in [-0.15, -0.1) is 0 Å². The molecule has 1 aromatic carbocycles. The van der Waals surface area contributed by atoms with Crippen molar-refractivity contribution in [1.82, 2.24) is 30.1 Å². The lowest BCUT2D eigenvalue weighted by atomic mass is 10.1. The van der Waals surface area contributed by atoms with E-state index in [1.165, 1.54) is 0 Å². The summed E-state index contributed by atoms with van der Waals surface area (Å²) in [4.78, 5) is 30.5. The first-order valence-corrected chi connectivity index (χ1v) is 13.4. The SMILES string of the molecule is CCOC(=N)/C(=C\NC)Nc1ncc(C)c(-c2c[nH]c3c(NC(=O)[C@@H](CC)N4CCN(C)CC4)cccc23)n1. The van der Waals surface area contributed by atoms with Crippen LogP contribution < -0.4 is 16.0 Å². The van der Waals surface area contributed by atoms with Crippen LogP contribution in [0.2, 0.25) is 0 Å². The number of fused-ring (bicyclic) bond motifs is 1. The molecule has 39 heavy (non-hydrogen) atoms. The van der Waals surface area contributed by atoms with Crippen molar-refractivity contribution in [1.29, 1.82) is 5.41 Å². The maximum absolute atomic E-state index is 13.4. The molecule has 1 fully saturated rings. The summed E-state index contributed by atoms with van der Waals surface area (Å²) in [5.74, 6) is 0.348. The molecule has 4 rings (SSSR count). The second kappa shape index (κ2) is 12.7. The molecule has 11 heteroatoms. The van der Waals surface area contributed by atoms with Gasteiger partial charge in [0.25, 0.3) is 0 Å². The molecule has 1 amide bonds. The monoisotopic (exact) mass is 533 g/mol. The Morgan fingerprint density at radius 3 is 2.69 bits per heavy atom. The van der Waals surface area contributed by atoms with E-state index in [2.05, 4.69) is 49.7 Å². The molecule has 208 valence electrons. The van der Waals surface area contributed by atoms with Gasteiger partial charge in [0.1, 0.15) is 5.70 Å². The van der Waals surface area contributed by atoms with Gasteiger partial charge in [-0.3, -0.25) is 15.1 Å². The molecule has 0 saturated carbocycles. The Balaban J connectivity index is 1.60. The van der Waals surface area contributed by atoms with Gasteiger partial charge < -0.3 is 30.6 Å². The molecule has 0 spiro atoms. The summed E-state index contributed by atoms with van der Waals surface area (Å²) in [6.45, 7) is 9.93. The van der Waals surface area contributed by atoms with Gasteiger partial charge in [0.05, 0.1) is 29.5 Å². The normalized spacial score (nSPS) is 15.7. The molecule has 3 heterocycles. The third-order valence-electron chi connectivity index (χ3n) is 6.94. The summed E-state index contributed by atoms with van der Waals surface area (Å²) < 4.78 is 5.34. The van der Waals surface area contributed by atoms with Crippen LogP contribution in [0.1, 0.15) is 25.8 Å². The summed E-state index contributed by atoms with van der Waals surface area (Å²) in [5.41, 5.74) is 4.55. The van der Waals surface area contributed by atoms with E-state index in [-0.39, 0.29) is 17.8 Å². The van der Waals surface area contributed by atoms with Crippen molar-refractivity contribution in [2.75, 3.05) is 57.5 Å². The zero-order valence-corrected chi connectivity index (χ0v) is 23.4. The fourth-order valence-electron chi connectivity index (χ4n) is 4.83. The summed E-state index contributed by atoms with van der Waals surface area (Å²) in [7, 11) is 3.86. The molecule has 0 radical (unpaired) electrons. The van der Waals surface area contributed by atoms with Crippen LogP contribution in [0, 0.1) is 12.3 Å². The van der Waals surface area contributed by atoms with Crippen LogP contribution in [-0.2, 0) is 9.53 Å². The fraction of sp³-hybridized carbons (Fsp3) is 0.429. The number of piperazine rings is 1. The zero-order valence-electron chi connectivity index (χ0n) is 23.4. The molecule has 3 aromatic rings. The predicted octanol–water partition coefficient (Wildman–Crippen LogP) is 3.38. The summed E-state index contributed by atoms with van der Waals surface area (Å²) in [6.07, 6.45) is 6.04. The largest absolute Gasteiger partial charge is 0.477 e. The Morgan fingerprint density at radius 1 is 1.23 bits per heavy atom. The minimum absolute atomic E-state index is 0.00740. The van der Waals surface area contributed by atoms with Gasteiger partial charge in [0.15, 0.2) is 0 Å². The van der Waals surface area contributed by atoms with E-state index in [1.807, 2.05) is 38.2 Å². The van der Waals surface area contributed by atoms with E-state index in [4.69, 9.17) is 15.1 Å². The molecular weight excluding hydrogens is 494 g/mol. The number of hydrogen-bond acceptors (Lipinski definition) is 9. The predicted molar refractivity (Wildman–Crippen MR) is 156 cm³/mol. The van der Waals surface area contributed by atoms with E-state index in [1.54, 1.807) is 19.4 Å². The number of benzene rings is 1.